The van der Waals surface area contributed by atoms with E-state index in [1.54, 1.807) is 14.2 Å². The van der Waals surface area contributed by atoms with Crippen molar-refractivity contribution in [2.45, 2.75) is 141 Å². The van der Waals surface area contributed by atoms with E-state index in [-0.39, 0.29) is 36.2 Å². The molecule has 21 heteroatoms. The number of benzene rings is 3. The van der Waals surface area contributed by atoms with Crippen LogP contribution in [0.25, 0.3) is 0 Å². The molecule has 2 aliphatic rings. The predicted molar refractivity (Wildman–Crippen MR) is 312 cm³/mol. The summed E-state index contributed by atoms with van der Waals surface area (Å²) in [6.07, 6.45) is 3.58. The summed E-state index contributed by atoms with van der Waals surface area (Å²) >= 11 is 13.3. The van der Waals surface area contributed by atoms with E-state index in [1.807, 2.05) is 98.3 Å². The minimum atomic E-state index is -2.67. The topological polar surface area (TPSA) is 180 Å². The first kappa shape index (κ1) is 65.0. The Morgan fingerprint density at radius 1 is 0.747 bits per heavy atom. The quantitative estimate of drug-likeness (QED) is 0.0147. The average molecular weight is 1140 g/mol. The molecule has 2 heterocycles. The van der Waals surface area contributed by atoms with Crippen molar-refractivity contribution >= 4 is 60.6 Å². The van der Waals surface area contributed by atoms with Crippen LogP contribution in [0, 0.1) is 0 Å². The second-order valence-electron chi connectivity index (χ2n) is 20.5. The molecule has 2 aliphatic heterocycles. The average Bonchev–Trinajstić information content (AvgIpc) is 3.91. The van der Waals surface area contributed by atoms with Crippen molar-refractivity contribution in [3.63, 3.8) is 0 Å². The number of hydrogen-bond donors (Lipinski definition) is 6. The maximum absolute atomic E-state index is 12.3. The van der Waals surface area contributed by atoms with Gasteiger partial charge in [0, 0.05) is 57.3 Å². The Hall–Kier alpha value is -2.55. The molecule has 3 aromatic carbocycles. The molecular formula is C54H88N6O10P2S3. The number of nitrogens with one attached hydrogen (secondary N) is 6. The molecule has 422 valence electrons. The SMILES string of the molecule is CCOCCOP(=S)(NCCC(CCNC(=O)CCCC1SCC2NC(=O)NC21)OC)OC(C)(C)C.COc1ccc(C(NCCOCCNP(=S)(OC(C)C)OC(C)(C)C)(c2ccccc2)c2ccccc2)cc1. The van der Waals surface area contributed by atoms with Crippen LogP contribution in [0.3, 0.4) is 0 Å². The van der Waals surface area contributed by atoms with Crippen molar-refractivity contribution in [1.82, 2.24) is 31.4 Å². The molecule has 0 spiro atoms. The first-order valence-electron chi connectivity index (χ1n) is 26.2. The molecule has 0 saturated carbocycles. The third-order valence-electron chi connectivity index (χ3n) is 11.7. The monoisotopic (exact) mass is 1140 g/mol. The van der Waals surface area contributed by atoms with E-state index in [0.29, 0.717) is 83.7 Å². The van der Waals surface area contributed by atoms with Crippen LogP contribution < -0.4 is 36.2 Å². The van der Waals surface area contributed by atoms with Gasteiger partial charge in [0.15, 0.2) is 0 Å². The predicted octanol–water partition coefficient (Wildman–Crippen LogP) is 9.56. The van der Waals surface area contributed by atoms with Gasteiger partial charge in [-0.05, 0) is 140 Å². The second-order valence-corrected chi connectivity index (χ2v) is 28.1. The Morgan fingerprint density at radius 3 is 1.92 bits per heavy atom. The highest BCUT2D eigenvalue weighted by Crippen LogP contribution is 2.49. The summed E-state index contributed by atoms with van der Waals surface area (Å²) < 4.78 is 46.4. The molecular weight excluding hydrogens is 1050 g/mol. The van der Waals surface area contributed by atoms with Crippen LogP contribution in [0.1, 0.15) is 111 Å². The smallest absolute Gasteiger partial charge is 0.315 e. The summed E-state index contributed by atoms with van der Waals surface area (Å²) in [6, 6.07) is 29.6. The van der Waals surface area contributed by atoms with E-state index in [4.69, 9.17) is 60.7 Å². The van der Waals surface area contributed by atoms with E-state index in [1.165, 1.54) is 0 Å². The fourth-order valence-electron chi connectivity index (χ4n) is 8.56. The molecule has 0 bridgehead atoms. The standard InChI is InChI=1S/C31H43N2O4PS.C23H45N4O6PS2/c1-25(2)36-38(39,37-30(3,4)5)33-22-24-35-23-21-32-31(26-13-9-7-10-14-26,27-15-11-8-12-16-27)28-17-19-29(34-6)20-18-28;1-6-31-14-15-32-34(35,33-23(2,3)4)25-13-11-17(30-5)10-12-24-20(28)9-7-8-19-21-18(16-36-19)26-22(29)27-21/h7-20,25,32H,21-24H2,1-6H3,(H,33,39);17-19,21H,6-16H2,1-5H3,(H,24,28)(H,25,35)(H2,26,27,29). The number of hydrogen-bond acceptors (Lipinski definition) is 14. The third kappa shape index (κ3) is 23.4. The third-order valence-corrected chi connectivity index (χ3v) is 19.0. The van der Waals surface area contributed by atoms with Crippen LogP contribution >= 0.6 is 25.0 Å². The van der Waals surface area contributed by atoms with Gasteiger partial charge in [-0.15, -0.1) is 0 Å². The lowest BCUT2D eigenvalue weighted by Gasteiger charge is -2.37. The zero-order valence-electron chi connectivity index (χ0n) is 46.3. The highest BCUT2D eigenvalue weighted by molar-refractivity contribution is 8.09. The second kappa shape index (κ2) is 32.5. The molecule has 0 aromatic heterocycles. The molecule has 6 atom stereocenters. The Balaban J connectivity index is 0.000000326. The van der Waals surface area contributed by atoms with E-state index in [9.17, 15) is 9.59 Å². The largest absolute Gasteiger partial charge is 0.497 e. The lowest BCUT2D eigenvalue weighted by atomic mass is 9.77. The molecule has 6 unspecified atom stereocenters. The van der Waals surface area contributed by atoms with Crippen molar-refractivity contribution in [3.05, 3.63) is 102 Å². The molecule has 75 heavy (non-hydrogen) atoms. The van der Waals surface area contributed by atoms with Crippen molar-refractivity contribution in [2.75, 3.05) is 79.2 Å². The highest BCUT2D eigenvalue weighted by Gasteiger charge is 2.43. The number of ether oxygens (including phenoxy) is 4. The Kier molecular flexibility index (Phi) is 28.2. The van der Waals surface area contributed by atoms with Crippen LogP contribution in [0.5, 0.6) is 5.75 Å². The van der Waals surface area contributed by atoms with Crippen LogP contribution in [0.15, 0.2) is 84.9 Å². The molecule has 2 fully saturated rings. The minimum Gasteiger partial charge on any atom is -0.497 e. The normalized spacial score (nSPS) is 18.7. The zero-order valence-corrected chi connectivity index (χ0v) is 50.5. The Labute approximate surface area is 463 Å². The molecule has 3 aromatic rings. The van der Waals surface area contributed by atoms with Gasteiger partial charge in [-0.1, -0.05) is 72.8 Å². The van der Waals surface area contributed by atoms with Gasteiger partial charge in [-0.25, -0.2) is 15.0 Å². The number of fused-ring (bicyclic) bond motifs is 1. The van der Waals surface area contributed by atoms with Gasteiger partial charge in [-0.2, -0.15) is 11.8 Å². The summed E-state index contributed by atoms with van der Waals surface area (Å²) in [5.74, 6) is 1.80. The summed E-state index contributed by atoms with van der Waals surface area (Å²) in [6.45, 7) is 17.2. The lowest BCUT2D eigenvalue weighted by Crippen LogP contribution is -2.46. The number of thioether (sulfide) groups is 1. The fourth-order valence-corrected chi connectivity index (χ4v) is 16.2. The number of amides is 3. The van der Waals surface area contributed by atoms with E-state index in [0.717, 1.165) is 41.0 Å². The van der Waals surface area contributed by atoms with Gasteiger partial charge < -0.3 is 53.0 Å². The van der Waals surface area contributed by atoms with Gasteiger partial charge in [0.2, 0.25) is 5.91 Å². The van der Waals surface area contributed by atoms with Crippen LogP contribution in [0.4, 0.5) is 4.79 Å². The van der Waals surface area contributed by atoms with E-state index in [2.05, 4.69) is 92.1 Å². The Morgan fingerprint density at radius 2 is 1.33 bits per heavy atom. The van der Waals surface area contributed by atoms with Crippen molar-refractivity contribution in [3.8, 4) is 5.75 Å². The van der Waals surface area contributed by atoms with Gasteiger partial charge in [0.25, 0.3) is 13.3 Å². The summed E-state index contributed by atoms with van der Waals surface area (Å²) in [5, 5.41) is 19.7. The van der Waals surface area contributed by atoms with Crippen molar-refractivity contribution in [1.29, 1.82) is 0 Å². The number of methoxy groups -OCH3 is 2. The number of carbonyl (C=O) groups excluding carboxylic acids is 2. The minimum absolute atomic E-state index is 0.0235. The van der Waals surface area contributed by atoms with Crippen molar-refractivity contribution < 1.29 is 46.6 Å². The fraction of sp³-hybridized carbons (Fsp3) is 0.630. The van der Waals surface area contributed by atoms with Gasteiger partial charge in [0.1, 0.15) is 5.75 Å². The summed E-state index contributed by atoms with van der Waals surface area (Å²) in [4.78, 5) is 23.8. The number of carbonyl (C=O) groups is 2. The molecule has 16 nitrogen and oxygen atoms in total. The summed E-state index contributed by atoms with van der Waals surface area (Å²) in [5.41, 5.74) is 2.01. The zero-order chi connectivity index (χ0) is 55.0. The maximum atomic E-state index is 12.3. The molecule has 3 amide bonds. The van der Waals surface area contributed by atoms with E-state index >= 15 is 0 Å². The number of rotatable bonds is 33. The van der Waals surface area contributed by atoms with Crippen molar-refractivity contribution in [2.24, 2.45) is 0 Å². The van der Waals surface area contributed by atoms with Crippen LogP contribution in [0.2, 0.25) is 0 Å². The van der Waals surface area contributed by atoms with Crippen LogP contribution in [-0.4, -0.2) is 132 Å². The first-order valence-corrected chi connectivity index (χ1v) is 32.5. The summed E-state index contributed by atoms with van der Waals surface area (Å²) in [7, 11) is 3.36. The molecule has 6 N–H and O–H groups in total. The molecule has 0 radical (unpaired) electrons. The molecule has 0 aliphatic carbocycles. The van der Waals surface area contributed by atoms with Gasteiger partial charge >= 0.3 is 6.03 Å². The Bertz CT molecular complexity index is 2170. The molecule has 5 rings (SSSR count). The maximum Gasteiger partial charge on any atom is 0.315 e. The first-order chi connectivity index (χ1) is 35.6. The number of urea groups is 1. The van der Waals surface area contributed by atoms with Gasteiger partial charge in [0.05, 0.1) is 74.6 Å². The van der Waals surface area contributed by atoms with Gasteiger partial charge in [-0.3, -0.25) is 10.1 Å². The highest BCUT2D eigenvalue weighted by atomic mass is 32.5. The van der Waals surface area contributed by atoms with Crippen LogP contribution in [-0.2, 0) is 66.3 Å². The van der Waals surface area contributed by atoms with E-state index < -0.39 is 30.0 Å². The molecule has 2 saturated heterocycles. The lowest BCUT2D eigenvalue weighted by molar-refractivity contribution is -0.121.